The van der Waals surface area contributed by atoms with Crippen LogP contribution in [0, 0.1) is 0 Å². The van der Waals surface area contributed by atoms with Crippen LogP contribution in [0.5, 0.6) is 0 Å². The van der Waals surface area contributed by atoms with Crippen LogP contribution >= 0.6 is 11.6 Å². The quantitative estimate of drug-likeness (QED) is 0.756. The van der Waals surface area contributed by atoms with Crippen molar-refractivity contribution in [3.05, 3.63) is 58.5 Å². The van der Waals surface area contributed by atoms with Crippen molar-refractivity contribution in [3.63, 3.8) is 0 Å². The Labute approximate surface area is 149 Å². The van der Waals surface area contributed by atoms with Gasteiger partial charge in [0.2, 0.25) is 0 Å². The second-order valence-corrected chi connectivity index (χ2v) is 8.09. The topological polar surface area (TPSA) is 114 Å². The molecule has 1 aromatic carbocycles. The van der Waals surface area contributed by atoms with Gasteiger partial charge in [-0.1, -0.05) is 23.7 Å². The van der Waals surface area contributed by atoms with Crippen molar-refractivity contribution in [1.29, 1.82) is 0 Å². The molecule has 0 unspecified atom stereocenters. The lowest BCUT2D eigenvalue weighted by Gasteiger charge is -2.16. The first-order valence-electron chi connectivity index (χ1n) is 7.18. The van der Waals surface area contributed by atoms with Crippen LogP contribution in [0.3, 0.4) is 0 Å². The maximum Gasteiger partial charge on any atom is 0.305 e. The van der Waals surface area contributed by atoms with E-state index in [1.54, 1.807) is 24.3 Å². The van der Waals surface area contributed by atoms with Crippen molar-refractivity contribution in [2.24, 2.45) is 0 Å². The Morgan fingerprint density at radius 3 is 2.40 bits per heavy atom. The molecule has 0 aliphatic rings. The minimum Gasteiger partial charge on any atom is -0.481 e. The van der Waals surface area contributed by atoms with E-state index in [-0.39, 0.29) is 23.7 Å². The van der Waals surface area contributed by atoms with Gasteiger partial charge in [-0.15, -0.1) is 0 Å². The molecule has 0 aliphatic heterocycles. The monoisotopic (exact) mass is 385 g/mol. The summed E-state index contributed by atoms with van der Waals surface area (Å²) >= 11 is 5.81. The summed E-state index contributed by atoms with van der Waals surface area (Å²) in [5.41, 5.74) is 0.572. The van der Waals surface area contributed by atoms with Crippen LogP contribution in [0.2, 0.25) is 5.02 Å². The number of carboxylic acid groups (broad SMARTS) is 1. The maximum absolute atomic E-state index is 12.3. The highest BCUT2D eigenvalue weighted by Gasteiger charge is 2.21. The Hall–Kier alpha value is -2.32. The average molecular weight is 386 g/mol. The minimum absolute atomic E-state index is 0.0944. The van der Waals surface area contributed by atoms with Gasteiger partial charge < -0.3 is 14.8 Å². The molecule has 1 heterocycles. The largest absolute Gasteiger partial charge is 0.481 e. The molecule has 1 amide bonds. The molecule has 2 aromatic rings. The number of halogens is 1. The fraction of sp³-hybridized carbons (Fsp3) is 0.250. The Kier molecular flexibility index (Phi) is 5.86. The van der Waals surface area contributed by atoms with Crippen LogP contribution in [0.25, 0.3) is 0 Å². The highest BCUT2D eigenvalue weighted by atomic mass is 35.5. The molecule has 0 saturated heterocycles. The van der Waals surface area contributed by atoms with Gasteiger partial charge in [0.15, 0.2) is 15.6 Å². The van der Waals surface area contributed by atoms with Gasteiger partial charge in [0.05, 0.1) is 12.5 Å². The number of sulfone groups is 1. The van der Waals surface area contributed by atoms with Crippen molar-refractivity contribution in [2.45, 2.75) is 18.2 Å². The minimum atomic E-state index is -3.29. The predicted octanol–water partition coefficient (Wildman–Crippen LogP) is 2.42. The van der Waals surface area contributed by atoms with Crippen molar-refractivity contribution in [1.82, 2.24) is 5.32 Å². The van der Waals surface area contributed by atoms with E-state index >= 15 is 0 Å². The van der Waals surface area contributed by atoms with Crippen LogP contribution in [-0.4, -0.2) is 31.7 Å². The van der Waals surface area contributed by atoms with Crippen LogP contribution < -0.4 is 5.32 Å². The maximum atomic E-state index is 12.3. The van der Waals surface area contributed by atoms with E-state index in [1.165, 1.54) is 12.1 Å². The molecule has 0 radical (unpaired) electrons. The Morgan fingerprint density at radius 2 is 1.84 bits per heavy atom. The predicted molar refractivity (Wildman–Crippen MR) is 91.2 cm³/mol. The zero-order chi connectivity index (χ0) is 18.6. The number of benzene rings is 1. The van der Waals surface area contributed by atoms with E-state index in [4.69, 9.17) is 21.1 Å². The average Bonchev–Trinajstić information content (AvgIpc) is 2.93. The van der Waals surface area contributed by atoms with Crippen molar-refractivity contribution >= 4 is 33.3 Å². The number of amides is 1. The number of carbonyl (C=O) groups excluding carboxylic acids is 1. The smallest absolute Gasteiger partial charge is 0.305 e. The summed E-state index contributed by atoms with van der Waals surface area (Å²) in [5.74, 6) is -2.01. The Balaban J connectivity index is 2.16. The van der Waals surface area contributed by atoms with Crippen molar-refractivity contribution < 1.29 is 27.5 Å². The van der Waals surface area contributed by atoms with E-state index in [0.717, 1.165) is 6.26 Å². The molecule has 0 saturated carbocycles. The molecule has 1 aromatic heterocycles. The lowest BCUT2D eigenvalue weighted by molar-refractivity contribution is -0.137. The second-order valence-electron chi connectivity index (χ2n) is 5.51. The summed E-state index contributed by atoms with van der Waals surface area (Å²) in [6, 6.07) is 8.37. The Morgan fingerprint density at radius 1 is 1.20 bits per heavy atom. The van der Waals surface area contributed by atoms with Gasteiger partial charge in [-0.3, -0.25) is 9.59 Å². The second kappa shape index (κ2) is 7.71. The molecule has 1 atom stereocenters. The number of furan rings is 1. The van der Waals surface area contributed by atoms with E-state index in [1.807, 2.05) is 0 Å². The Bertz CT molecular complexity index is 872. The molecule has 0 fully saturated rings. The van der Waals surface area contributed by atoms with Crippen molar-refractivity contribution in [2.75, 3.05) is 6.26 Å². The number of hydrogen-bond donors (Lipinski definition) is 2. The SMILES string of the molecule is CS(=O)(=O)Cc1ccc(C(=O)N[C@@H](CC(=O)O)c2ccc(Cl)cc2)o1. The normalized spacial score (nSPS) is 12.6. The highest BCUT2D eigenvalue weighted by molar-refractivity contribution is 7.89. The molecule has 9 heteroatoms. The molecular formula is C16H16ClNO6S. The first-order valence-corrected chi connectivity index (χ1v) is 9.62. The fourth-order valence-corrected chi connectivity index (χ4v) is 2.99. The standard InChI is InChI=1S/C16H16ClNO6S/c1-25(22,23)9-12-6-7-14(24-12)16(21)18-13(8-15(19)20)10-2-4-11(17)5-3-10/h2-7,13H,8-9H2,1H3,(H,18,21)(H,19,20)/t13-/m0/s1. The lowest BCUT2D eigenvalue weighted by Crippen LogP contribution is -2.29. The van der Waals surface area contributed by atoms with Gasteiger partial charge in [0, 0.05) is 11.3 Å². The molecule has 134 valence electrons. The first-order chi connectivity index (χ1) is 11.6. The highest BCUT2D eigenvalue weighted by Crippen LogP contribution is 2.21. The fourth-order valence-electron chi connectivity index (χ4n) is 2.19. The molecule has 0 bridgehead atoms. The summed E-state index contributed by atoms with van der Waals surface area (Å²) < 4.78 is 27.7. The molecule has 2 N–H and O–H groups in total. The number of rotatable bonds is 7. The first kappa shape index (κ1) is 19.0. The van der Waals surface area contributed by atoms with Gasteiger partial charge in [-0.05, 0) is 29.8 Å². The van der Waals surface area contributed by atoms with Crippen LogP contribution in [0.15, 0.2) is 40.8 Å². The molecule has 0 aliphatic carbocycles. The number of carbonyl (C=O) groups is 2. The third kappa shape index (κ3) is 5.91. The van der Waals surface area contributed by atoms with E-state index in [9.17, 15) is 18.0 Å². The van der Waals surface area contributed by atoms with Gasteiger partial charge in [-0.25, -0.2) is 8.42 Å². The molecule has 25 heavy (non-hydrogen) atoms. The van der Waals surface area contributed by atoms with Crippen LogP contribution in [0.1, 0.15) is 34.3 Å². The van der Waals surface area contributed by atoms with E-state index in [2.05, 4.69) is 5.32 Å². The molecular weight excluding hydrogens is 370 g/mol. The van der Waals surface area contributed by atoms with Gasteiger partial charge in [-0.2, -0.15) is 0 Å². The summed E-state index contributed by atoms with van der Waals surface area (Å²) in [6.45, 7) is 0. The molecule has 7 nitrogen and oxygen atoms in total. The third-order valence-corrected chi connectivity index (χ3v) is 4.31. The van der Waals surface area contributed by atoms with Crippen LogP contribution in [-0.2, 0) is 20.4 Å². The summed E-state index contributed by atoms with van der Waals surface area (Å²) in [4.78, 5) is 23.3. The summed E-state index contributed by atoms with van der Waals surface area (Å²) in [7, 11) is -3.29. The molecule has 0 spiro atoms. The van der Waals surface area contributed by atoms with Gasteiger partial charge >= 0.3 is 5.97 Å². The summed E-state index contributed by atoms with van der Waals surface area (Å²) in [5, 5.41) is 12.1. The van der Waals surface area contributed by atoms with Crippen LogP contribution in [0.4, 0.5) is 0 Å². The number of hydrogen-bond acceptors (Lipinski definition) is 5. The number of aliphatic carboxylic acids is 1. The van der Waals surface area contributed by atoms with Gasteiger partial charge in [0.1, 0.15) is 11.5 Å². The summed E-state index contributed by atoms with van der Waals surface area (Å²) in [6.07, 6.45) is 0.725. The number of nitrogens with one attached hydrogen (secondary N) is 1. The number of carboxylic acids is 1. The van der Waals surface area contributed by atoms with Crippen molar-refractivity contribution in [3.8, 4) is 0 Å². The third-order valence-electron chi connectivity index (χ3n) is 3.25. The van der Waals surface area contributed by atoms with E-state index < -0.39 is 27.8 Å². The lowest BCUT2D eigenvalue weighted by atomic mass is 10.0. The molecule has 2 rings (SSSR count). The van der Waals surface area contributed by atoms with Gasteiger partial charge in [0.25, 0.3) is 5.91 Å². The zero-order valence-electron chi connectivity index (χ0n) is 13.2. The zero-order valence-corrected chi connectivity index (χ0v) is 14.8. The van der Waals surface area contributed by atoms with E-state index in [0.29, 0.717) is 10.6 Å².